The molecule has 2 atom stereocenters. The molecule has 2 fully saturated rings. The van der Waals surface area contributed by atoms with Crippen LogP contribution in [0.15, 0.2) is 30.6 Å². The summed E-state index contributed by atoms with van der Waals surface area (Å²) in [5.41, 5.74) is -1.06. The second kappa shape index (κ2) is 12.3. The van der Waals surface area contributed by atoms with Crippen molar-refractivity contribution in [2.45, 2.75) is 63.8 Å². The SMILES string of the molecule is CCC(F)(CC)CN1CCC(COc2cnc(-c3ccc(C(=O)N4C[C@H](O)C[C@H]4C(=O)O)c(F)c3)nc2)CC1. The Balaban J connectivity index is 1.31. The van der Waals surface area contributed by atoms with Crippen LogP contribution in [0.5, 0.6) is 5.75 Å². The molecule has 2 aromatic rings. The van der Waals surface area contributed by atoms with Gasteiger partial charge in [0.25, 0.3) is 5.91 Å². The molecule has 212 valence electrons. The molecular formula is C28H36F2N4O5. The Morgan fingerprint density at radius 1 is 1.15 bits per heavy atom. The maximum Gasteiger partial charge on any atom is 0.326 e. The van der Waals surface area contributed by atoms with Crippen molar-refractivity contribution in [1.29, 1.82) is 0 Å². The number of aliphatic hydroxyl groups is 1. The highest BCUT2D eigenvalue weighted by atomic mass is 19.1. The number of hydrogen-bond donors (Lipinski definition) is 2. The standard InChI is InChI=1S/C28H36F2N4O5/c1-3-28(30,4-2)17-33-9-7-18(8-10-33)16-39-21-13-31-25(32-14-21)19-5-6-22(23(29)11-19)26(36)34-15-20(35)12-24(34)27(37)38/h5-6,11,13-14,18,20,24,35H,3-4,7-10,12,15-17H2,1-2H3,(H,37,38)/t20-,24+/m1/s1. The quantitative estimate of drug-likeness (QED) is 0.465. The number of nitrogens with zero attached hydrogens (tertiary/aromatic N) is 4. The third-order valence-corrected chi connectivity index (χ3v) is 7.88. The molecule has 2 saturated heterocycles. The number of alkyl halides is 1. The van der Waals surface area contributed by atoms with Crippen LogP contribution in [0.3, 0.4) is 0 Å². The van der Waals surface area contributed by atoms with Gasteiger partial charge in [0.15, 0.2) is 11.6 Å². The molecule has 0 aliphatic carbocycles. The van der Waals surface area contributed by atoms with Crippen LogP contribution in [0.1, 0.15) is 56.3 Å². The number of carbonyl (C=O) groups is 2. The molecule has 39 heavy (non-hydrogen) atoms. The lowest BCUT2D eigenvalue weighted by atomic mass is 9.94. The molecule has 0 bridgehead atoms. The largest absolute Gasteiger partial charge is 0.490 e. The van der Waals surface area contributed by atoms with Crippen molar-refractivity contribution in [3.63, 3.8) is 0 Å². The average Bonchev–Trinajstić information content (AvgIpc) is 3.34. The lowest BCUT2D eigenvalue weighted by Crippen LogP contribution is -2.44. The van der Waals surface area contributed by atoms with Crippen LogP contribution in [-0.4, -0.2) is 92.5 Å². The summed E-state index contributed by atoms with van der Waals surface area (Å²) in [5.74, 6) is -1.78. The number of carbonyl (C=O) groups excluding carboxylic acids is 1. The summed E-state index contributed by atoms with van der Waals surface area (Å²) in [7, 11) is 0. The summed E-state index contributed by atoms with van der Waals surface area (Å²) in [6.45, 7) is 6.28. The van der Waals surface area contributed by atoms with Gasteiger partial charge in [0.1, 0.15) is 17.5 Å². The minimum Gasteiger partial charge on any atom is -0.490 e. The molecule has 0 radical (unpaired) electrons. The van der Waals surface area contributed by atoms with Crippen LogP contribution in [0.25, 0.3) is 11.4 Å². The molecule has 4 rings (SSSR count). The number of aliphatic hydroxyl groups excluding tert-OH is 1. The van der Waals surface area contributed by atoms with Crippen LogP contribution >= 0.6 is 0 Å². The number of aliphatic carboxylic acids is 1. The summed E-state index contributed by atoms with van der Waals surface area (Å²) in [6, 6.07) is 2.69. The van der Waals surface area contributed by atoms with Gasteiger partial charge in [0, 0.05) is 25.1 Å². The molecule has 2 N–H and O–H groups in total. The number of benzene rings is 1. The van der Waals surface area contributed by atoms with Crippen molar-refractivity contribution in [2.75, 3.05) is 32.8 Å². The Morgan fingerprint density at radius 2 is 1.82 bits per heavy atom. The van der Waals surface area contributed by atoms with E-state index in [0.717, 1.165) is 36.9 Å². The van der Waals surface area contributed by atoms with E-state index in [1.807, 2.05) is 13.8 Å². The molecule has 1 amide bonds. The molecular weight excluding hydrogens is 510 g/mol. The topological polar surface area (TPSA) is 116 Å². The van der Waals surface area contributed by atoms with Gasteiger partial charge in [-0.3, -0.25) is 4.79 Å². The van der Waals surface area contributed by atoms with Crippen molar-refractivity contribution in [1.82, 2.24) is 19.8 Å². The Bertz CT molecular complexity index is 1150. The van der Waals surface area contributed by atoms with Crippen LogP contribution in [-0.2, 0) is 4.79 Å². The van der Waals surface area contributed by atoms with E-state index < -0.39 is 35.5 Å². The van der Waals surface area contributed by atoms with Gasteiger partial charge in [-0.25, -0.2) is 23.5 Å². The van der Waals surface area contributed by atoms with E-state index in [4.69, 9.17) is 4.74 Å². The van der Waals surface area contributed by atoms with E-state index in [2.05, 4.69) is 14.9 Å². The first-order valence-corrected chi connectivity index (χ1v) is 13.5. The van der Waals surface area contributed by atoms with E-state index in [1.165, 1.54) is 24.5 Å². The average molecular weight is 547 g/mol. The molecule has 0 spiro atoms. The maximum absolute atomic E-state index is 14.9. The number of amides is 1. The van der Waals surface area contributed by atoms with Crippen molar-refractivity contribution >= 4 is 11.9 Å². The molecule has 3 heterocycles. The molecule has 0 saturated carbocycles. The molecule has 11 heteroatoms. The van der Waals surface area contributed by atoms with Gasteiger partial charge in [-0.1, -0.05) is 19.9 Å². The number of aromatic nitrogens is 2. The van der Waals surface area contributed by atoms with Gasteiger partial charge in [0.05, 0.1) is 30.7 Å². The maximum atomic E-state index is 14.9. The van der Waals surface area contributed by atoms with Crippen LogP contribution in [0, 0.1) is 11.7 Å². The van der Waals surface area contributed by atoms with Crippen molar-refractivity contribution in [2.24, 2.45) is 5.92 Å². The van der Waals surface area contributed by atoms with Gasteiger partial charge in [-0.05, 0) is 56.8 Å². The smallest absolute Gasteiger partial charge is 0.326 e. The van der Waals surface area contributed by atoms with Crippen LogP contribution in [0.2, 0.25) is 0 Å². The highest BCUT2D eigenvalue weighted by Gasteiger charge is 2.40. The van der Waals surface area contributed by atoms with E-state index in [0.29, 0.717) is 43.2 Å². The number of halogens is 2. The highest BCUT2D eigenvalue weighted by Crippen LogP contribution is 2.27. The van der Waals surface area contributed by atoms with E-state index in [1.54, 1.807) is 0 Å². The summed E-state index contributed by atoms with van der Waals surface area (Å²) < 4.78 is 35.4. The second-order valence-electron chi connectivity index (χ2n) is 10.5. The first kappa shape index (κ1) is 28.8. The first-order valence-electron chi connectivity index (χ1n) is 13.5. The first-order chi connectivity index (χ1) is 18.6. The number of carboxylic acid groups (broad SMARTS) is 1. The molecule has 0 unspecified atom stereocenters. The van der Waals surface area contributed by atoms with Gasteiger partial charge in [-0.2, -0.15) is 0 Å². The van der Waals surface area contributed by atoms with Crippen LogP contribution in [0.4, 0.5) is 8.78 Å². The van der Waals surface area contributed by atoms with E-state index in [9.17, 15) is 28.6 Å². The Hall–Kier alpha value is -3.18. The summed E-state index contributed by atoms with van der Waals surface area (Å²) in [6.07, 6.45) is 4.85. The van der Waals surface area contributed by atoms with Crippen molar-refractivity contribution in [3.05, 3.63) is 42.0 Å². The van der Waals surface area contributed by atoms with Gasteiger partial charge in [-0.15, -0.1) is 0 Å². The molecule has 2 aliphatic heterocycles. The normalized spacial score (nSPS) is 20.8. The van der Waals surface area contributed by atoms with Gasteiger partial charge >= 0.3 is 5.97 Å². The van der Waals surface area contributed by atoms with Crippen molar-refractivity contribution in [3.8, 4) is 17.1 Å². The number of piperidine rings is 1. The zero-order valence-electron chi connectivity index (χ0n) is 22.4. The van der Waals surface area contributed by atoms with E-state index in [-0.39, 0.29) is 24.4 Å². The predicted octanol–water partition coefficient (Wildman–Crippen LogP) is 3.56. The third-order valence-electron chi connectivity index (χ3n) is 7.88. The lowest BCUT2D eigenvalue weighted by Gasteiger charge is -2.36. The van der Waals surface area contributed by atoms with E-state index >= 15 is 0 Å². The second-order valence-corrected chi connectivity index (χ2v) is 10.5. The van der Waals surface area contributed by atoms with Gasteiger partial charge in [0.2, 0.25) is 0 Å². The minimum absolute atomic E-state index is 0.0973. The fourth-order valence-electron chi connectivity index (χ4n) is 5.19. The monoisotopic (exact) mass is 546 g/mol. The Kier molecular flexibility index (Phi) is 9.12. The number of hydrogen-bond acceptors (Lipinski definition) is 7. The number of ether oxygens (including phenoxy) is 1. The number of rotatable bonds is 10. The third kappa shape index (κ3) is 6.88. The minimum atomic E-state index is -1.25. The molecule has 1 aromatic carbocycles. The number of likely N-dealkylation sites (tertiary alicyclic amines) is 2. The summed E-state index contributed by atoms with van der Waals surface area (Å²) >= 11 is 0. The highest BCUT2D eigenvalue weighted by molar-refractivity contribution is 5.97. The zero-order valence-corrected chi connectivity index (χ0v) is 22.4. The zero-order chi connectivity index (χ0) is 28.2. The molecule has 2 aliphatic rings. The predicted molar refractivity (Wildman–Crippen MR) is 140 cm³/mol. The Labute approximate surface area is 226 Å². The lowest BCUT2D eigenvalue weighted by molar-refractivity contribution is -0.141. The van der Waals surface area contributed by atoms with Crippen LogP contribution < -0.4 is 4.74 Å². The molecule has 1 aromatic heterocycles. The number of β-amino-alcohol motifs (C(OH)–C–C–N with tert-alkyl or cyclic N) is 1. The summed E-state index contributed by atoms with van der Waals surface area (Å²) in [4.78, 5) is 35.9. The molecule has 9 nitrogen and oxygen atoms in total. The number of carboxylic acids is 1. The van der Waals surface area contributed by atoms with Gasteiger partial charge < -0.3 is 24.7 Å². The van der Waals surface area contributed by atoms with Crippen molar-refractivity contribution < 1.29 is 33.3 Å². The fraction of sp³-hybridized carbons (Fsp3) is 0.571. The fourth-order valence-corrected chi connectivity index (χ4v) is 5.19. The summed E-state index contributed by atoms with van der Waals surface area (Å²) in [5, 5.41) is 19.1. The Morgan fingerprint density at radius 3 is 2.41 bits per heavy atom.